The summed E-state index contributed by atoms with van der Waals surface area (Å²) in [5.41, 5.74) is 0.00125. The highest BCUT2D eigenvalue weighted by molar-refractivity contribution is 6.30. The molecule has 0 radical (unpaired) electrons. The molecular formula is C19H18ClF4N. The summed E-state index contributed by atoms with van der Waals surface area (Å²) in [6.45, 7) is 0. The lowest BCUT2D eigenvalue weighted by Gasteiger charge is -2.31. The number of pyridine rings is 1. The maximum atomic E-state index is 13.9. The summed E-state index contributed by atoms with van der Waals surface area (Å²) >= 11 is 5.89. The van der Waals surface area contributed by atoms with Crippen molar-refractivity contribution in [2.75, 3.05) is 0 Å². The van der Waals surface area contributed by atoms with Gasteiger partial charge in [0.2, 0.25) is 0 Å². The van der Waals surface area contributed by atoms with E-state index in [9.17, 15) is 17.6 Å². The zero-order valence-electron chi connectivity index (χ0n) is 13.5. The zero-order valence-corrected chi connectivity index (χ0v) is 14.2. The van der Waals surface area contributed by atoms with Gasteiger partial charge >= 0.3 is 6.18 Å². The van der Waals surface area contributed by atoms with Crippen LogP contribution < -0.4 is 0 Å². The van der Waals surface area contributed by atoms with Gasteiger partial charge in [0.15, 0.2) is 0 Å². The molecule has 0 amide bonds. The van der Waals surface area contributed by atoms with Gasteiger partial charge in [-0.15, -0.1) is 0 Å². The fourth-order valence-corrected chi connectivity index (χ4v) is 3.79. The SMILES string of the molecule is Fc1cc(C(c2ccc(Cl)cn2)C2CCCCC2)cc(C(F)(F)F)c1. The van der Waals surface area contributed by atoms with Gasteiger partial charge in [0.05, 0.1) is 10.6 Å². The molecule has 1 aromatic carbocycles. The molecule has 134 valence electrons. The second-order valence-corrected chi connectivity index (χ2v) is 6.98. The van der Waals surface area contributed by atoms with Crippen LogP contribution in [0, 0.1) is 11.7 Å². The van der Waals surface area contributed by atoms with Crippen LogP contribution >= 0.6 is 11.6 Å². The molecule has 0 aliphatic heterocycles. The van der Waals surface area contributed by atoms with Gasteiger partial charge in [-0.25, -0.2) is 4.39 Å². The normalized spacial score (nSPS) is 17.5. The Morgan fingerprint density at radius 3 is 2.36 bits per heavy atom. The highest BCUT2D eigenvalue weighted by atomic mass is 35.5. The van der Waals surface area contributed by atoms with Crippen molar-refractivity contribution >= 4 is 11.6 Å². The van der Waals surface area contributed by atoms with Crippen LogP contribution in [0.2, 0.25) is 5.02 Å². The Hall–Kier alpha value is -1.62. The van der Waals surface area contributed by atoms with E-state index in [-0.39, 0.29) is 11.8 Å². The second kappa shape index (κ2) is 7.32. The number of hydrogen-bond acceptors (Lipinski definition) is 1. The number of halogens is 5. The van der Waals surface area contributed by atoms with Crippen LogP contribution in [0.5, 0.6) is 0 Å². The topological polar surface area (TPSA) is 12.9 Å². The van der Waals surface area contributed by atoms with Gasteiger partial charge in [-0.2, -0.15) is 13.2 Å². The third-order valence-electron chi connectivity index (χ3n) is 4.80. The highest BCUT2D eigenvalue weighted by Gasteiger charge is 2.34. The van der Waals surface area contributed by atoms with Crippen molar-refractivity contribution in [3.05, 3.63) is 64.2 Å². The van der Waals surface area contributed by atoms with Crippen LogP contribution in [-0.4, -0.2) is 4.98 Å². The summed E-state index contributed by atoms with van der Waals surface area (Å²) in [5.74, 6) is -1.10. The van der Waals surface area contributed by atoms with Crippen LogP contribution in [0.1, 0.15) is 54.8 Å². The Bertz CT molecular complexity index is 721. The minimum atomic E-state index is -4.58. The number of nitrogens with zero attached hydrogens (tertiary/aromatic N) is 1. The van der Waals surface area contributed by atoms with E-state index < -0.39 is 17.6 Å². The molecule has 1 atom stereocenters. The molecular weight excluding hydrogens is 354 g/mol. The lowest BCUT2D eigenvalue weighted by Crippen LogP contribution is -2.19. The van der Waals surface area contributed by atoms with E-state index >= 15 is 0 Å². The molecule has 1 unspecified atom stereocenters. The Balaban J connectivity index is 2.07. The fourth-order valence-electron chi connectivity index (χ4n) is 3.68. The molecule has 0 bridgehead atoms. The van der Waals surface area contributed by atoms with Gasteiger partial charge in [-0.3, -0.25) is 4.98 Å². The predicted octanol–water partition coefficient (Wildman–Crippen LogP) is 6.61. The molecule has 1 nitrogen and oxygen atoms in total. The first-order valence-corrected chi connectivity index (χ1v) is 8.71. The number of rotatable bonds is 3. The van der Waals surface area contributed by atoms with Crippen LogP contribution in [-0.2, 0) is 6.18 Å². The molecule has 0 saturated heterocycles. The molecule has 1 aromatic heterocycles. The molecule has 1 aliphatic carbocycles. The molecule has 0 spiro atoms. The molecule has 1 heterocycles. The molecule has 3 rings (SSSR count). The van der Waals surface area contributed by atoms with Crippen LogP contribution in [0.3, 0.4) is 0 Å². The summed E-state index contributed by atoms with van der Waals surface area (Å²) in [7, 11) is 0. The van der Waals surface area contributed by atoms with Crippen molar-refractivity contribution in [2.45, 2.75) is 44.2 Å². The monoisotopic (exact) mass is 371 g/mol. The highest BCUT2D eigenvalue weighted by Crippen LogP contribution is 2.41. The quantitative estimate of drug-likeness (QED) is 0.553. The standard InChI is InChI=1S/C19H18ClF4N/c20-15-6-7-17(25-11-15)18(12-4-2-1-3-5-12)13-8-14(19(22,23)24)10-16(21)9-13/h6-12,18H,1-5H2. The Kier molecular flexibility index (Phi) is 5.32. The summed E-state index contributed by atoms with van der Waals surface area (Å²) in [6.07, 6.45) is 1.86. The fraction of sp³-hybridized carbons (Fsp3) is 0.421. The van der Waals surface area contributed by atoms with Crippen molar-refractivity contribution in [2.24, 2.45) is 5.92 Å². The van der Waals surface area contributed by atoms with Crippen molar-refractivity contribution < 1.29 is 17.6 Å². The van der Waals surface area contributed by atoms with E-state index in [0.29, 0.717) is 22.3 Å². The predicted molar refractivity (Wildman–Crippen MR) is 89.1 cm³/mol. The lowest BCUT2D eigenvalue weighted by molar-refractivity contribution is -0.137. The smallest absolute Gasteiger partial charge is 0.259 e. The van der Waals surface area contributed by atoms with Crippen LogP contribution in [0.4, 0.5) is 17.6 Å². The van der Waals surface area contributed by atoms with Crippen LogP contribution in [0.15, 0.2) is 36.5 Å². The minimum absolute atomic E-state index is 0.144. The second-order valence-electron chi connectivity index (χ2n) is 6.55. The average Bonchev–Trinajstić information content (AvgIpc) is 2.57. The van der Waals surface area contributed by atoms with E-state index in [1.54, 1.807) is 12.1 Å². The molecule has 1 saturated carbocycles. The van der Waals surface area contributed by atoms with Gasteiger partial charge in [0, 0.05) is 17.8 Å². The van der Waals surface area contributed by atoms with E-state index in [1.165, 1.54) is 12.3 Å². The first-order valence-electron chi connectivity index (χ1n) is 8.34. The molecule has 2 aromatic rings. The van der Waals surface area contributed by atoms with E-state index in [0.717, 1.165) is 38.2 Å². The van der Waals surface area contributed by atoms with Crippen molar-refractivity contribution in [1.82, 2.24) is 4.98 Å². The van der Waals surface area contributed by atoms with Gasteiger partial charge in [0.25, 0.3) is 0 Å². The average molecular weight is 372 g/mol. The molecule has 1 fully saturated rings. The zero-order chi connectivity index (χ0) is 18.0. The van der Waals surface area contributed by atoms with E-state index in [1.807, 2.05) is 0 Å². The summed E-state index contributed by atoms with van der Waals surface area (Å²) < 4.78 is 53.3. The van der Waals surface area contributed by atoms with Crippen LogP contribution in [0.25, 0.3) is 0 Å². The van der Waals surface area contributed by atoms with Gasteiger partial charge in [0.1, 0.15) is 5.82 Å². The Morgan fingerprint density at radius 2 is 1.76 bits per heavy atom. The summed E-state index contributed by atoms with van der Waals surface area (Å²) in [6, 6.07) is 6.18. The van der Waals surface area contributed by atoms with Crippen molar-refractivity contribution in [3.63, 3.8) is 0 Å². The summed E-state index contributed by atoms with van der Waals surface area (Å²) in [5, 5.41) is 0.460. The molecule has 1 aliphatic rings. The number of benzene rings is 1. The van der Waals surface area contributed by atoms with Gasteiger partial charge in [-0.05, 0) is 54.7 Å². The number of hydrogen-bond donors (Lipinski definition) is 0. The largest absolute Gasteiger partial charge is 0.416 e. The number of aromatic nitrogens is 1. The van der Waals surface area contributed by atoms with Gasteiger partial charge < -0.3 is 0 Å². The maximum absolute atomic E-state index is 13.9. The minimum Gasteiger partial charge on any atom is -0.259 e. The molecule has 0 N–H and O–H groups in total. The third-order valence-corrected chi connectivity index (χ3v) is 5.02. The van der Waals surface area contributed by atoms with E-state index in [2.05, 4.69) is 4.98 Å². The Labute approximate surface area is 149 Å². The molecule has 6 heteroatoms. The number of alkyl halides is 3. The Morgan fingerprint density at radius 1 is 1.04 bits per heavy atom. The van der Waals surface area contributed by atoms with Crippen molar-refractivity contribution in [1.29, 1.82) is 0 Å². The lowest BCUT2D eigenvalue weighted by atomic mass is 9.75. The third kappa shape index (κ3) is 4.32. The van der Waals surface area contributed by atoms with E-state index in [4.69, 9.17) is 11.6 Å². The van der Waals surface area contributed by atoms with Crippen molar-refractivity contribution in [3.8, 4) is 0 Å². The van der Waals surface area contributed by atoms with Gasteiger partial charge in [-0.1, -0.05) is 30.9 Å². The first-order chi connectivity index (χ1) is 11.8. The molecule has 25 heavy (non-hydrogen) atoms. The maximum Gasteiger partial charge on any atom is 0.416 e. The first kappa shape index (κ1) is 18.2. The summed E-state index contributed by atoms with van der Waals surface area (Å²) in [4.78, 5) is 4.32.